The van der Waals surface area contributed by atoms with Crippen LogP contribution >= 0.6 is 23.2 Å². The number of hydrogen-bond acceptors (Lipinski definition) is 3. The maximum atomic E-state index is 12.9. The number of benzene rings is 2. The van der Waals surface area contributed by atoms with Gasteiger partial charge in [0.15, 0.2) is 0 Å². The Morgan fingerprint density at radius 3 is 2.27 bits per heavy atom. The number of aryl methyl sites for hydroxylation is 1. The zero-order valence-electron chi connectivity index (χ0n) is 16.5. The molecule has 1 aliphatic rings. The van der Waals surface area contributed by atoms with Gasteiger partial charge in [0.25, 0.3) is 11.7 Å². The van der Waals surface area contributed by atoms with Gasteiger partial charge in [-0.3, -0.25) is 9.59 Å². The van der Waals surface area contributed by atoms with Crippen molar-refractivity contribution in [3.05, 3.63) is 75.9 Å². The number of carbonyl (C=O) groups is 2. The first-order valence-electron chi connectivity index (χ1n) is 9.72. The minimum atomic E-state index is -0.478. The molecule has 0 radical (unpaired) electrons. The highest BCUT2D eigenvalue weighted by molar-refractivity contribution is 6.43. The van der Waals surface area contributed by atoms with E-state index >= 15 is 0 Å². The van der Waals surface area contributed by atoms with Crippen LogP contribution in [0.4, 0.5) is 5.69 Å². The van der Waals surface area contributed by atoms with Gasteiger partial charge in [-0.25, -0.2) is 0 Å². The van der Waals surface area contributed by atoms with E-state index < -0.39 is 11.7 Å². The number of anilines is 1. The molecule has 5 nitrogen and oxygen atoms in total. The Bertz CT molecular complexity index is 1090. The van der Waals surface area contributed by atoms with Crippen molar-refractivity contribution in [2.24, 2.45) is 0 Å². The predicted molar refractivity (Wildman–Crippen MR) is 121 cm³/mol. The van der Waals surface area contributed by atoms with Crippen LogP contribution in [-0.4, -0.2) is 47.8 Å². The molecule has 0 bridgehead atoms. The second kappa shape index (κ2) is 8.54. The molecule has 1 amide bonds. The van der Waals surface area contributed by atoms with Crippen molar-refractivity contribution in [3.63, 3.8) is 0 Å². The maximum absolute atomic E-state index is 12.9. The average Bonchev–Trinajstić information content (AvgIpc) is 3.17. The highest BCUT2D eigenvalue weighted by Crippen LogP contribution is 2.28. The highest BCUT2D eigenvalue weighted by atomic mass is 35.5. The predicted octanol–water partition coefficient (Wildman–Crippen LogP) is 4.83. The van der Waals surface area contributed by atoms with Gasteiger partial charge in [0.2, 0.25) is 0 Å². The van der Waals surface area contributed by atoms with Crippen molar-refractivity contribution in [1.29, 1.82) is 0 Å². The molecule has 1 N–H and O–H groups in total. The highest BCUT2D eigenvalue weighted by Gasteiger charge is 2.29. The lowest BCUT2D eigenvalue weighted by atomic mass is 10.1. The largest absolute Gasteiger partial charge is 0.368 e. The average molecular weight is 442 g/mol. The molecule has 1 saturated heterocycles. The third kappa shape index (κ3) is 4.09. The fourth-order valence-corrected chi connectivity index (χ4v) is 3.97. The van der Waals surface area contributed by atoms with Crippen LogP contribution in [0.1, 0.15) is 16.1 Å². The first-order valence-corrected chi connectivity index (χ1v) is 10.5. The zero-order valence-corrected chi connectivity index (χ0v) is 18.0. The van der Waals surface area contributed by atoms with E-state index in [0.717, 1.165) is 16.9 Å². The van der Waals surface area contributed by atoms with Gasteiger partial charge >= 0.3 is 0 Å². The lowest BCUT2D eigenvalue weighted by molar-refractivity contribution is -0.126. The fraction of sp³-hybridized carbons (Fsp3) is 0.217. The van der Waals surface area contributed by atoms with Gasteiger partial charge in [-0.2, -0.15) is 0 Å². The lowest BCUT2D eigenvalue weighted by Crippen LogP contribution is -2.50. The van der Waals surface area contributed by atoms with Crippen molar-refractivity contribution in [2.45, 2.75) is 6.92 Å². The first-order chi connectivity index (χ1) is 14.4. The van der Waals surface area contributed by atoms with Crippen molar-refractivity contribution in [3.8, 4) is 11.3 Å². The Balaban J connectivity index is 1.44. The third-order valence-corrected chi connectivity index (χ3v) is 6.11. The molecular weight excluding hydrogens is 421 g/mol. The molecule has 1 aliphatic heterocycles. The van der Waals surface area contributed by atoms with Gasteiger partial charge in [0.1, 0.15) is 0 Å². The SMILES string of the molecule is Cc1[nH]c(-c2ccccc2)cc1C(=O)C(=O)N1CCN(c2ccc(Cl)c(Cl)c2)CC1. The summed E-state index contributed by atoms with van der Waals surface area (Å²) in [6, 6.07) is 17.0. The van der Waals surface area contributed by atoms with Gasteiger partial charge in [0, 0.05) is 48.8 Å². The molecule has 0 spiro atoms. The molecule has 1 fully saturated rings. The number of aromatic nitrogens is 1. The maximum Gasteiger partial charge on any atom is 0.295 e. The van der Waals surface area contributed by atoms with E-state index in [9.17, 15) is 9.59 Å². The molecule has 1 aromatic heterocycles. The van der Waals surface area contributed by atoms with Crippen molar-refractivity contribution >= 4 is 40.6 Å². The number of Topliss-reactive ketones (excluding diaryl/α,β-unsaturated/α-hetero) is 1. The number of piperazine rings is 1. The van der Waals surface area contributed by atoms with Crippen LogP contribution in [0.2, 0.25) is 10.0 Å². The summed E-state index contributed by atoms with van der Waals surface area (Å²) < 4.78 is 0. The Morgan fingerprint density at radius 1 is 0.900 bits per heavy atom. The van der Waals surface area contributed by atoms with Crippen LogP contribution in [0, 0.1) is 6.92 Å². The molecule has 0 unspecified atom stereocenters. The number of nitrogens with one attached hydrogen (secondary N) is 1. The fourth-order valence-electron chi connectivity index (χ4n) is 3.68. The van der Waals surface area contributed by atoms with E-state index in [4.69, 9.17) is 23.2 Å². The third-order valence-electron chi connectivity index (χ3n) is 5.37. The van der Waals surface area contributed by atoms with E-state index in [1.54, 1.807) is 17.0 Å². The van der Waals surface area contributed by atoms with Crippen molar-refractivity contribution < 1.29 is 9.59 Å². The van der Waals surface area contributed by atoms with Crippen LogP contribution in [0.15, 0.2) is 54.6 Å². The number of carbonyl (C=O) groups excluding carboxylic acids is 2. The molecule has 0 atom stereocenters. The standard InChI is InChI=1S/C23H21Cl2N3O2/c1-15-18(14-21(26-15)16-5-3-2-4-6-16)22(29)23(30)28-11-9-27(10-12-28)17-7-8-19(24)20(25)13-17/h2-8,13-14,26H,9-12H2,1H3. The topological polar surface area (TPSA) is 56.4 Å². The van der Waals surface area contributed by atoms with Gasteiger partial charge in [-0.05, 0) is 36.8 Å². The molecule has 0 aliphatic carbocycles. The summed E-state index contributed by atoms with van der Waals surface area (Å²) in [5.41, 5.74) is 3.88. The van der Waals surface area contributed by atoms with Crippen molar-refractivity contribution in [1.82, 2.24) is 9.88 Å². The van der Waals surface area contributed by atoms with Gasteiger partial charge in [0.05, 0.1) is 10.0 Å². The first kappa shape index (κ1) is 20.5. The molecule has 30 heavy (non-hydrogen) atoms. The molecule has 154 valence electrons. The van der Waals surface area contributed by atoms with Crippen LogP contribution in [0.3, 0.4) is 0 Å². The Labute approximate surface area is 185 Å². The van der Waals surface area contributed by atoms with Crippen LogP contribution < -0.4 is 4.90 Å². The van der Waals surface area contributed by atoms with E-state index in [1.165, 1.54) is 0 Å². The Morgan fingerprint density at radius 2 is 1.60 bits per heavy atom. The second-order valence-corrected chi connectivity index (χ2v) is 8.11. The van der Waals surface area contributed by atoms with Crippen LogP contribution in [0.25, 0.3) is 11.3 Å². The number of amides is 1. The quantitative estimate of drug-likeness (QED) is 0.465. The van der Waals surface area contributed by atoms with Gasteiger partial charge in [-0.1, -0.05) is 53.5 Å². The zero-order chi connectivity index (χ0) is 21.3. The smallest absolute Gasteiger partial charge is 0.295 e. The number of halogens is 2. The second-order valence-electron chi connectivity index (χ2n) is 7.29. The van der Waals surface area contributed by atoms with E-state index in [-0.39, 0.29) is 0 Å². The Kier molecular flexibility index (Phi) is 5.84. The molecule has 0 saturated carbocycles. The number of H-pyrrole nitrogens is 1. The molecule has 2 aromatic carbocycles. The molecule has 4 rings (SSSR count). The summed E-state index contributed by atoms with van der Waals surface area (Å²) in [7, 11) is 0. The number of hydrogen-bond donors (Lipinski definition) is 1. The van der Waals surface area contributed by atoms with Crippen LogP contribution in [-0.2, 0) is 4.79 Å². The number of ketones is 1. The van der Waals surface area contributed by atoms with Crippen molar-refractivity contribution in [2.75, 3.05) is 31.1 Å². The number of aromatic amines is 1. The van der Waals surface area contributed by atoms with E-state index in [2.05, 4.69) is 9.88 Å². The normalized spacial score (nSPS) is 14.1. The summed E-state index contributed by atoms with van der Waals surface area (Å²) in [6.07, 6.45) is 0. The van der Waals surface area contributed by atoms with E-state index in [0.29, 0.717) is 47.5 Å². The summed E-state index contributed by atoms with van der Waals surface area (Å²) in [4.78, 5) is 32.7. The van der Waals surface area contributed by atoms with E-state index in [1.807, 2.05) is 49.4 Å². The number of nitrogens with zero attached hydrogens (tertiary/aromatic N) is 2. The summed E-state index contributed by atoms with van der Waals surface area (Å²) >= 11 is 12.1. The van der Waals surface area contributed by atoms with Crippen LogP contribution in [0.5, 0.6) is 0 Å². The molecule has 7 heteroatoms. The Hall–Kier alpha value is -2.76. The van der Waals surface area contributed by atoms with Gasteiger partial charge in [-0.15, -0.1) is 0 Å². The summed E-state index contributed by atoms with van der Waals surface area (Å²) in [5, 5.41) is 1.01. The molecule has 3 aromatic rings. The van der Waals surface area contributed by atoms with Gasteiger partial charge < -0.3 is 14.8 Å². The summed E-state index contributed by atoms with van der Waals surface area (Å²) in [5.74, 6) is -0.945. The minimum absolute atomic E-state index is 0.422. The molecular formula is C23H21Cl2N3O2. The molecule has 2 heterocycles. The summed E-state index contributed by atoms with van der Waals surface area (Å²) in [6.45, 7) is 4.01. The lowest BCUT2D eigenvalue weighted by Gasteiger charge is -2.35. The monoisotopic (exact) mass is 441 g/mol. The number of rotatable bonds is 4. The minimum Gasteiger partial charge on any atom is -0.368 e.